The lowest BCUT2D eigenvalue weighted by Crippen LogP contribution is -2.45. The Hall–Kier alpha value is -1.89. The van der Waals surface area contributed by atoms with Crippen LogP contribution in [0, 0.1) is 13.8 Å². The second-order valence-electron chi connectivity index (χ2n) is 7.66. The summed E-state index contributed by atoms with van der Waals surface area (Å²) in [6.07, 6.45) is 4.59. The van der Waals surface area contributed by atoms with Crippen LogP contribution in [0.15, 0.2) is 47.4 Å². The van der Waals surface area contributed by atoms with Gasteiger partial charge in [-0.25, -0.2) is 8.42 Å². The van der Waals surface area contributed by atoms with Crippen LogP contribution in [0.4, 0.5) is 5.69 Å². The van der Waals surface area contributed by atoms with Gasteiger partial charge < -0.3 is 5.32 Å². The SMILES string of the molecule is Cc1ccc(S(=O)(=O)N(CC(=O)Nc2cc(Cl)ccc2C)C2CCCCC2)cc1. The average Bonchev–Trinajstić information content (AvgIpc) is 2.70. The molecular weight excluding hydrogens is 408 g/mol. The molecule has 0 aliphatic heterocycles. The lowest BCUT2D eigenvalue weighted by Gasteiger charge is -2.33. The number of nitrogens with zero attached hydrogens (tertiary/aromatic N) is 1. The third kappa shape index (κ3) is 5.38. The fourth-order valence-corrected chi connectivity index (χ4v) is 5.50. The number of nitrogens with one attached hydrogen (secondary N) is 1. The van der Waals surface area contributed by atoms with E-state index in [1.807, 2.05) is 19.9 Å². The van der Waals surface area contributed by atoms with E-state index in [-0.39, 0.29) is 23.4 Å². The largest absolute Gasteiger partial charge is 0.325 e. The van der Waals surface area contributed by atoms with Gasteiger partial charge in [0.2, 0.25) is 15.9 Å². The first-order valence-electron chi connectivity index (χ1n) is 9.92. The van der Waals surface area contributed by atoms with Gasteiger partial charge in [0.25, 0.3) is 0 Å². The Morgan fingerprint density at radius 2 is 1.72 bits per heavy atom. The molecule has 2 aromatic carbocycles. The number of benzene rings is 2. The topological polar surface area (TPSA) is 66.5 Å². The number of sulfonamides is 1. The Bertz CT molecular complexity index is 968. The third-order valence-corrected chi connectivity index (χ3v) is 7.53. The van der Waals surface area contributed by atoms with Crippen molar-refractivity contribution >= 4 is 33.2 Å². The molecule has 1 fully saturated rings. The van der Waals surface area contributed by atoms with Crippen LogP contribution in [0.1, 0.15) is 43.2 Å². The van der Waals surface area contributed by atoms with Crippen molar-refractivity contribution in [1.82, 2.24) is 4.31 Å². The number of carbonyl (C=O) groups excluding carboxylic acids is 1. The van der Waals surface area contributed by atoms with Crippen molar-refractivity contribution < 1.29 is 13.2 Å². The maximum Gasteiger partial charge on any atom is 0.243 e. The van der Waals surface area contributed by atoms with Gasteiger partial charge in [-0.3, -0.25) is 4.79 Å². The van der Waals surface area contributed by atoms with E-state index in [0.29, 0.717) is 10.7 Å². The minimum absolute atomic E-state index is 0.165. The van der Waals surface area contributed by atoms with Crippen molar-refractivity contribution in [2.75, 3.05) is 11.9 Å². The van der Waals surface area contributed by atoms with E-state index in [2.05, 4.69) is 5.32 Å². The molecule has 0 saturated heterocycles. The molecule has 3 rings (SSSR count). The van der Waals surface area contributed by atoms with Crippen molar-refractivity contribution in [2.45, 2.75) is 56.9 Å². The normalized spacial score (nSPS) is 15.4. The van der Waals surface area contributed by atoms with Gasteiger partial charge in [0, 0.05) is 16.8 Å². The van der Waals surface area contributed by atoms with Gasteiger partial charge in [0.15, 0.2) is 0 Å². The lowest BCUT2D eigenvalue weighted by molar-refractivity contribution is -0.116. The third-order valence-electron chi connectivity index (χ3n) is 5.38. The minimum Gasteiger partial charge on any atom is -0.325 e. The zero-order valence-electron chi connectivity index (χ0n) is 16.8. The molecule has 0 radical (unpaired) electrons. The van der Waals surface area contributed by atoms with Gasteiger partial charge >= 0.3 is 0 Å². The zero-order valence-corrected chi connectivity index (χ0v) is 18.4. The summed E-state index contributed by atoms with van der Waals surface area (Å²) in [5.41, 5.74) is 2.45. The molecule has 1 aliphatic carbocycles. The maximum atomic E-state index is 13.4. The van der Waals surface area contributed by atoms with Crippen LogP contribution in [0.2, 0.25) is 5.02 Å². The molecule has 29 heavy (non-hydrogen) atoms. The summed E-state index contributed by atoms with van der Waals surface area (Å²) in [5, 5.41) is 3.34. The molecule has 0 heterocycles. The molecule has 1 saturated carbocycles. The minimum atomic E-state index is -3.78. The summed E-state index contributed by atoms with van der Waals surface area (Å²) in [5.74, 6) is -0.364. The van der Waals surface area contributed by atoms with E-state index in [4.69, 9.17) is 11.6 Å². The summed E-state index contributed by atoms with van der Waals surface area (Å²) in [6.45, 7) is 3.57. The number of hydrogen-bond donors (Lipinski definition) is 1. The maximum absolute atomic E-state index is 13.4. The molecule has 2 aromatic rings. The van der Waals surface area contributed by atoms with E-state index < -0.39 is 10.0 Å². The van der Waals surface area contributed by atoms with Crippen LogP contribution in [0.25, 0.3) is 0 Å². The van der Waals surface area contributed by atoms with E-state index in [1.54, 1.807) is 36.4 Å². The standard InChI is InChI=1S/C22H27ClN2O3S/c1-16-8-12-20(13-9-16)29(27,28)25(19-6-4-3-5-7-19)15-22(26)24-21-14-18(23)11-10-17(21)2/h8-14,19H,3-7,15H2,1-2H3,(H,24,26). The molecule has 5 nitrogen and oxygen atoms in total. The number of amides is 1. The Kier molecular flexibility index (Phi) is 6.98. The molecule has 1 N–H and O–H groups in total. The highest BCUT2D eigenvalue weighted by Crippen LogP contribution is 2.28. The average molecular weight is 435 g/mol. The van der Waals surface area contributed by atoms with Crippen molar-refractivity contribution in [3.8, 4) is 0 Å². The summed E-state index contributed by atoms with van der Waals surface area (Å²) in [4.78, 5) is 13.0. The van der Waals surface area contributed by atoms with Gasteiger partial charge in [-0.2, -0.15) is 4.31 Å². The fourth-order valence-electron chi connectivity index (χ4n) is 3.69. The molecule has 7 heteroatoms. The molecule has 0 aromatic heterocycles. The smallest absolute Gasteiger partial charge is 0.243 e. The number of rotatable bonds is 6. The van der Waals surface area contributed by atoms with Crippen LogP contribution >= 0.6 is 11.6 Å². The summed E-state index contributed by atoms with van der Waals surface area (Å²) in [6, 6.07) is 11.9. The highest BCUT2D eigenvalue weighted by atomic mass is 35.5. The summed E-state index contributed by atoms with van der Waals surface area (Å²) < 4.78 is 28.1. The Balaban J connectivity index is 1.86. The lowest BCUT2D eigenvalue weighted by atomic mass is 9.95. The van der Waals surface area contributed by atoms with Crippen molar-refractivity contribution in [3.05, 3.63) is 58.6 Å². The molecule has 156 valence electrons. The van der Waals surface area contributed by atoms with E-state index in [1.165, 1.54) is 4.31 Å². The number of carbonyl (C=O) groups is 1. The molecule has 0 bridgehead atoms. The first-order valence-corrected chi connectivity index (χ1v) is 11.7. The van der Waals surface area contributed by atoms with Crippen molar-refractivity contribution in [3.63, 3.8) is 0 Å². The highest BCUT2D eigenvalue weighted by molar-refractivity contribution is 7.89. The fraction of sp³-hybridized carbons (Fsp3) is 0.409. The van der Waals surface area contributed by atoms with Crippen LogP contribution in [-0.4, -0.2) is 31.2 Å². The molecule has 0 unspecified atom stereocenters. The monoisotopic (exact) mass is 434 g/mol. The van der Waals surface area contributed by atoms with E-state index in [9.17, 15) is 13.2 Å². The highest BCUT2D eigenvalue weighted by Gasteiger charge is 2.34. The van der Waals surface area contributed by atoms with Gasteiger partial charge in [-0.15, -0.1) is 0 Å². The van der Waals surface area contributed by atoms with Gasteiger partial charge in [0.1, 0.15) is 0 Å². The Labute approximate surface area is 178 Å². The van der Waals surface area contributed by atoms with E-state index in [0.717, 1.165) is 43.2 Å². The molecule has 1 amide bonds. The number of aryl methyl sites for hydroxylation is 2. The first-order chi connectivity index (χ1) is 13.8. The number of anilines is 1. The molecule has 0 atom stereocenters. The Morgan fingerprint density at radius 1 is 1.07 bits per heavy atom. The second kappa shape index (κ2) is 9.28. The van der Waals surface area contributed by atoms with Crippen LogP contribution < -0.4 is 5.32 Å². The quantitative estimate of drug-likeness (QED) is 0.701. The zero-order chi connectivity index (χ0) is 21.0. The number of halogens is 1. The molecule has 0 spiro atoms. The van der Waals surface area contributed by atoms with Crippen molar-refractivity contribution in [2.24, 2.45) is 0 Å². The predicted molar refractivity (Wildman–Crippen MR) is 117 cm³/mol. The summed E-state index contributed by atoms with van der Waals surface area (Å²) >= 11 is 6.04. The van der Waals surface area contributed by atoms with Gasteiger partial charge in [-0.05, 0) is 56.5 Å². The van der Waals surface area contributed by atoms with Crippen LogP contribution in [0.3, 0.4) is 0 Å². The van der Waals surface area contributed by atoms with Crippen LogP contribution in [-0.2, 0) is 14.8 Å². The summed E-state index contributed by atoms with van der Waals surface area (Å²) in [7, 11) is -3.78. The first kappa shape index (κ1) is 21.8. The van der Waals surface area contributed by atoms with Crippen LogP contribution in [0.5, 0.6) is 0 Å². The molecular formula is C22H27ClN2O3S. The van der Waals surface area contributed by atoms with Gasteiger partial charge in [-0.1, -0.05) is 54.6 Å². The van der Waals surface area contributed by atoms with E-state index >= 15 is 0 Å². The Morgan fingerprint density at radius 3 is 2.38 bits per heavy atom. The number of hydrogen-bond acceptors (Lipinski definition) is 3. The predicted octanol–water partition coefficient (Wildman–Crippen LogP) is 4.92. The molecule has 1 aliphatic rings. The van der Waals surface area contributed by atoms with Crippen molar-refractivity contribution in [1.29, 1.82) is 0 Å². The second-order valence-corrected chi connectivity index (χ2v) is 9.99. The van der Waals surface area contributed by atoms with Gasteiger partial charge in [0.05, 0.1) is 11.4 Å².